The number of benzene rings is 9. The number of guanidine groups is 1. The van der Waals surface area contributed by atoms with E-state index in [1.807, 2.05) is 5.43 Å². The molecule has 9 aromatic rings. The third kappa shape index (κ3) is 25.1. The van der Waals surface area contributed by atoms with Crippen molar-refractivity contribution in [1.82, 2.24) is 42.9 Å². The number of fused-ring (bicyclic) bond motifs is 12. The number of carboxylic acid groups (broad SMARTS) is 1. The predicted molar refractivity (Wildman–Crippen MR) is 547 cm³/mol. The SMILES string of the molecule is CNC(=O)CC[N+]1=C(/C=C/C=C/C=C2/N(CCC(C)=O)c3ccc4ccccc4c3C2(C)C)C(C)(C)c2c1ccc1ccccc21.CNC(=O)CC[N+]1=C(/C=C/C=C/C=C2/N(CCC(C)=O)c3ccc4ccccc4c3C2(C)C)C(C)(C)c2c1ccc1ccccc21.[2H]C(=O)[C@H](CC(=O)O)NC(=O)CNNC(CCCN=C(N)N)C(=O)N[C@@H](Cc1ccccc1)C(=O)N[C@@H](CCCCN)C(=O)NN. The summed E-state index contributed by atoms with van der Waals surface area (Å²) < 4.78 is 11.8. The highest BCUT2D eigenvalue weighted by molar-refractivity contribution is 6.09. The molecule has 1 unspecified atom stereocenters. The molecule has 0 spiro atoms. The minimum Gasteiger partial charge on any atom is -0.481 e. The van der Waals surface area contributed by atoms with E-state index >= 15 is 0 Å². The fraction of sp³-hybridized carbons (Fsp3) is 0.349. The molecule has 0 aliphatic carbocycles. The molecule has 137 heavy (non-hydrogen) atoms. The number of aliphatic imine (C=N–C) groups is 1. The molecule has 13 rings (SSSR count). The van der Waals surface area contributed by atoms with Gasteiger partial charge in [0.2, 0.25) is 40.9 Å². The summed E-state index contributed by atoms with van der Waals surface area (Å²) in [6.07, 6.45) is 23.1. The Bertz CT molecular complexity index is 6070. The first-order chi connectivity index (χ1) is 66.0. The molecule has 0 fully saturated rings. The number of nitrogens with one attached hydrogen (secondary N) is 8. The minimum absolute atomic E-state index is 0.0316. The summed E-state index contributed by atoms with van der Waals surface area (Å²) in [5, 5.41) is 31.8. The molecule has 0 saturated carbocycles. The number of anilines is 2. The lowest BCUT2D eigenvalue weighted by molar-refractivity contribution is -0.436. The van der Waals surface area contributed by atoms with Crippen LogP contribution in [0.2, 0.25) is 0 Å². The molecule has 6 amide bonds. The van der Waals surface area contributed by atoms with Gasteiger partial charge in [-0.05, 0) is 176 Å². The number of unbranched alkanes of at least 4 members (excludes halogenated alkanes) is 1. The maximum Gasteiger partial charge on any atom is 0.305 e. The van der Waals surface area contributed by atoms with Crippen LogP contribution in [0.5, 0.6) is 0 Å². The van der Waals surface area contributed by atoms with Crippen LogP contribution >= 0.6 is 0 Å². The Morgan fingerprint density at radius 3 is 1.33 bits per heavy atom. The number of nitrogens with two attached hydrogens (primary N) is 4. The van der Waals surface area contributed by atoms with Crippen LogP contribution < -0.4 is 75.7 Å². The Morgan fingerprint density at radius 2 is 0.905 bits per heavy atom. The number of hydrogen-bond acceptors (Lipinski definition) is 17. The largest absolute Gasteiger partial charge is 0.481 e. The van der Waals surface area contributed by atoms with Crippen molar-refractivity contribution in [2.45, 2.75) is 186 Å². The van der Waals surface area contributed by atoms with E-state index in [2.05, 4.69) is 323 Å². The number of hydrazine groups is 2. The second kappa shape index (κ2) is 47.3. The quantitative estimate of drug-likeness (QED) is 0.00195. The van der Waals surface area contributed by atoms with E-state index in [-0.39, 0.29) is 76.8 Å². The Kier molecular flexibility index (Phi) is 35.2. The van der Waals surface area contributed by atoms with Crippen molar-refractivity contribution in [3.8, 4) is 0 Å². The zero-order chi connectivity index (χ0) is 99.8. The van der Waals surface area contributed by atoms with Crippen molar-refractivity contribution >= 4 is 142 Å². The summed E-state index contributed by atoms with van der Waals surface area (Å²) in [6, 6.07) is 55.9. The molecule has 28 nitrogen and oxygen atoms in total. The van der Waals surface area contributed by atoms with Crippen molar-refractivity contribution in [1.29, 1.82) is 0 Å². The molecule has 718 valence electrons. The topological polar surface area (TPSA) is 416 Å². The number of hydrogen-bond donors (Lipinski definition) is 13. The number of aliphatic carboxylic acids is 1. The Morgan fingerprint density at radius 1 is 0.482 bits per heavy atom. The number of aldehydes is 1. The Labute approximate surface area is 803 Å². The number of amides is 6. The van der Waals surface area contributed by atoms with Crippen LogP contribution in [0.1, 0.15) is 163 Å². The first-order valence-electron chi connectivity index (χ1n) is 47.3. The van der Waals surface area contributed by atoms with Crippen LogP contribution in [-0.2, 0) is 76.0 Å². The Hall–Kier alpha value is -14.2. The molecule has 4 heterocycles. The first kappa shape index (κ1) is 102. The number of allylic oxidation sites excluding steroid dienone is 12. The second-order valence-corrected chi connectivity index (χ2v) is 36.9. The van der Waals surface area contributed by atoms with Gasteiger partial charge >= 0.3 is 5.97 Å². The maximum atomic E-state index is 13.5. The zero-order valence-electron chi connectivity index (χ0n) is 81.6. The highest BCUT2D eigenvalue weighted by atomic mass is 16.4. The molecule has 4 aliphatic heterocycles. The maximum absolute atomic E-state index is 13.5. The summed E-state index contributed by atoms with van der Waals surface area (Å²) >= 11 is 0. The van der Waals surface area contributed by atoms with Crippen LogP contribution in [0, 0.1) is 0 Å². The molecule has 28 heteroatoms. The van der Waals surface area contributed by atoms with Gasteiger partial charge in [-0.15, -0.1) is 0 Å². The van der Waals surface area contributed by atoms with Gasteiger partial charge in [0, 0.05) is 122 Å². The molecule has 0 aromatic heterocycles. The molecule has 9 aromatic carbocycles. The van der Waals surface area contributed by atoms with Gasteiger partial charge in [-0.3, -0.25) is 53.6 Å². The summed E-state index contributed by atoms with van der Waals surface area (Å²) in [4.78, 5) is 131. The normalized spacial score (nSPS) is 16.2. The molecular weight excluding hydrogens is 1720 g/mol. The lowest BCUT2D eigenvalue weighted by atomic mass is 9.79. The Balaban J connectivity index is 0.000000198. The van der Waals surface area contributed by atoms with Crippen molar-refractivity contribution in [3.63, 3.8) is 0 Å². The smallest absolute Gasteiger partial charge is 0.305 e. The third-order valence-electron chi connectivity index (χ3n) is 25.8. The van der Waals surface area contributed by atoms with Gasteiger partial charge < -0.3 is 63.5 Å². The van der Waals surface area contributed by atoms with Crippen molar-refractivity contribution < 1.29 is 63.6 Å². The van der Waals surface area contributed by atoms with E-state index in [9.17, 15) is 47.9 Å². The fourth-order valence-electron chi connectivity index (χ4n) is 19.1. The summed E-state index contributed by atoms with van der Waals surface area (Å²) in [5.41, 5.74) is 37.9. The van der Waals surface area contributed by atoms with Crippen LogP contribution in [0.3, 0.4) is 0 Å². The van der Waals surface area contributed by atoms with E-state index in [4.69, 9.17) is 29.5 Å². The number of rotatable bonds is 41. The minimum atomic E-state index is -1.55. The van der Waals surface area contributed by atoms with Crippen molar-refractivity contribution in [3.05, 3.63) is 276 Å². The zero-order valence-corrected chi connectivity index (χ0v) is 80.6. The number of carbonyl (C=O) groups is 10. The van der Waals surface area contributed by atoms with E-state index in [1.165, 1.54) is 99.5 Å². The van der Waals surface area contributed by atoms with Gasteiger partial charge in [-0.1, -0.05) is 204 Å². The number of Topliss-reactive ketones (excluding diaryl/α,β-unsaturated/α-hetero) is 2. The predicted octanol–water partition coefficient (Wildman–Crippen LogP) is 12.5. The van der Waals surface area contributed by atoms with Crippen LogP contribution in [0.15, 0.2) is 253 Å². The van der Waals surface area contributed by atoms with Gasteiger partial charge in [0.05, 0.1) is 42.7 Å². The van der Waals surface area contributed by atoms with Gasteiger partial charge in [0.25, 0.3) is 5.91 Å². The molecule has 17 N–H and O–H groups in total. The molecule has 0 bridgehead atoms. The number of nitrogens with zero attached hydrogens (tertiary/aromatic N) is 5. The highest BCUT2D eigenvalue weighted by Gasteiger charge is 2.49. The van der Waals surface area contributed by atoms with Gasteiger partial charge in [-0.2, -0.15) is 9.15 Å². The van der Waals surface area contributed by atoms with Gasteiger partial charge in [0.15, 0.2) is 30.5 Å². The summed E-state index contributed by atoms with van der Waals surface area (Å²) in [5.74, 6) is 1.50. The van der Waals surface area contributed by atoms with E-state index < -0.39 is 73.0 Å². The van der Waals surface area contributed by atoms with E-state index in [0.717, 1.165) is 16.9 Å². The molecule has 0 radical (unpaired) electrons. The molecule has 4 aliphatic rings. The van der Waals surface area contributed by atoms with Gasteiger partial charge in [0.1, 0.15) is 37.3 Å². The summed E-state index contributed by atoms with van der Waals surface area (Å²) in [7, 11) is 3.38. The average Bonchev–Trinajstić information content (AvgIpc) is 1.59. The average molecular weight is 1860 g/mol. The van der Waals surface area contributed by atoms with Gasteiger partial charge in [-0.25, -0.2) is 16.7 Å². The number of carboxylic acids is 1. The monoisotopic (exact) mass is 1860 g/mol. The first-order valence-corrected chi connectivity index (χ1v) is 46.8. The fourth-order valence-corrected chi connectivity index (χ4v) is 19.1. The molecule has 0 saturated heterocycles. The summed E-state index contributed by atoms with van der Waals surface area (Å²) in [6.45, 7) is 24.1. The number of carbonyl (C=O) groups excluding carboxylic acids is 9. The van der Waals surface area contributed by atoms with E-state index in [1.54, 1.807) is 58.3 Å². The third-order valence-corrected chi connectivity index (χ3v) is 25.8. The second-order valence-electron chi connectivity index (χ2n) is 36.9. The standard InChI is InChI=1S/2C41H43N3O2.C27H45N11O7/c2*1-28(45)24-26-43-33-22-20-29-14-10-12-16-31(29)38(33)40(2,3)35(43)18-8-7-9-19-36-41(4,5)39-32-17-13-11-15-30(32)21-23-34(39)44(36)27-25-37(46)42-6;28-11-5-4-9-19(26(45)37-31)35-25(44)21(13-17-7-2-1-3-8-17)36-24(43)20(10-6-12-32-27(29)30)38-33-15-22(40)34-18(16-39)14-23(41)42/h2*7-23H,24-27H2,1-6H3;1-3,7-8,16,18-21,33,38H,4-6,9-15,28,31H2,(H,34,40)(H,35,44)(H,36,43)(H,37,45)(H,41,42)(H4,29,30,32)/p+2/t;;18-,19-,20?,21-/m..0/s1/i;;16D. The van der Waals surface area contributed by atoms with E-state index in [0.29, 0.717) is 77.7 Å². The highest BCUT2D eigenvalue weighted by Crippen LogP contribution is 2.53. The van der Waals surface area contributed by atoms with Crippen molar-refractivity contribution in [2.75, 3.05) is 69.7 Å². The van der Waals surface area contributed by atoms with Crippen molar-refractivity contribution in [2.24, 2.45) is 28.0 Å². The number of ketones is 2. The lowest BCUT2D eigenvalue weighted by Gasteiger charge is -2.27. The van der Waals surface area contributed by atoms with Crippen LogP contribution in [-0.4, -0.2) is 175 Å². The lowest BCUT2D eigenvalue weighted by Crippen LogP contribution is -2.59. The van der Waals surface area contributed by atoms with Crippen LogP contribution in [0.25, 0.3) is 43.1 Å². The molecular formula is C109H133N17O11+2. The molecule has 4 atom stereocenters. The van der Waals surface area contributed by atoms with Crippen LogP contribution in [0.4, 0.5) is 22.7 Å².